The van der Waals surface area contributed by atoms with Crippen molar-refractivity contribution in [1.82, 2.24) is 10.3 Å². The first-order valence-corrected chi connectivity index (χ1v) is 6.29. The molecule has 1 N–H and O–H groups in total. The zero-order valence-electron chi connectivity index (χ0n) is 11.0. The fraction of sp³-hybridized carbons (Fsp3) is 0.133. The number of hydrogen-bond acceptors (Lipinski definition) is 3. The average Bonchev–Trinajstić information content (AvgIpc) is 2.47. The molecule has 1 aliphatic heterocycles. The van der Waals surface area contributed by atoms with E-state index in [4.69, 9.17) is 0 Å². The number of amides is 2. The summed E-state index contributed by atoms with van der Waals surface area (Å²) < 4.78 is 0. The molecule has 0 aliphatic carbocycles. The molecule has 2 amide bonds. The van der Waals surface area contributed by atoms with Crippen LogP contribution in [0.4, 0.5) is 16.3 Å². The van der Waals surface area contributed by atoms with E-state index in [1.165, 1.54) is 11.8 Å². The van der Waals surface area contributed by atoms with Crippen LogP contribution in [0.15, 0.2) is 42.6 Å². The minimum Gasteiger partial charge on any atom is -0.333 e. The Morgan fingerprint density at radius 1 is 1.30 bits per heavy atom. The van der Waals surface area contributed by atoms with E-state index >= 15 is 0 Å². The predicted molar refractivity (Wildman–Crippen MR) is 75.1 cm³/mol. The van der Waals surface area contributed by atoms with Gasteiger partial charge in [-0.15, -0.1) is 0 Å². The van der Waals surface area contributed by atoms with Crippen molar-refractivity contribution < 1.29 is 9.59 Å². The molecule has 0 saturated heterocycles. The number of Topliss-reactive ketones (excluding diaryl/α,β-unsaturated/α-hetero) is 1. The van der Waals surface area contributed by atoms with Crippen LogP contribution in [0, 0.1) is 0 Å². The van der Waals surface area contributed by atoms with Crippen molar-refractivity contribution in [2.45, 2.75) is 13.5 Å². The molecule has 5 heteroatoms. The number of hydrogen-bond donors (Lipinski definition) is 1. The normalized spacial score (nSPS) is 13.7. The van der Waals surface area contributed by atoms with Crippen LogP contribution in [0.1, 0.15) is 22.8 Å². The molecule has 100 valence electrons. The Bertz CT molecular complexity index is 697. The molecule has 20 heavy (non-hydrogen) atoms. The van der Waals surface area contributed by atoms with E-state index in [9.17, 15) is 9.59 Å². The summed E-state index contributed by atoms with van der Waals surface area (Å²) >= 11 is 0. The van der Waals surface area contributed by atoms with Gasteiger partial charge in [0.1, 0.15) is 5.82 Å². The van der Waals surface area contributed by atoms with Gasteiger partial charge >= 0.3 is 6.03 Å². The molecular formula is C15H13N3O2. The van der Waals surface area contributed by atoms with Crippen LogP contribution in [0.3, 0.4) is 0 Å². The van der Waals surface area contributed by atoms with Crippen molar-refractivity contribution in [2.75, 3.05) is 4.90 Å². The van der Waals surface area contributed by atoms with Crippen LogP contribution in [0.2, 0.25) is 0 Å². The lowest BCUT2D eigenvalue weighted by Gasteiger charge is -2.28. The van der Waals surface area contributed by atoms with Gasteiger partial charge in [-0.1, -0.05) is 18.2 Å². The number of carbonyl (C=O) groups is 2. The first-order chi connectivity index (χ1) is 9.66. The second kappa shape index (κ2) is 4.77. The second-order valence-electron chi connectivity index (χ2n) is 4.59. The maximum atomic E-state index is 12.1. The lowest BCUT2D eigenvalue weighted by atomic mass is 10.1. The molecule has 0 fully saturated rings. The number of urea groups is 1. The van der Waals surface area contributed by atoms with Crippen molar-refractivity contribution >= 4 is 23.3 Å². The number of aromatic nitrogens is 1. The van der Waals surface area contributed by atoms with E-state index < -0.39 is 0 Å². The summed E-state index contributed by atoms with van der Waals surface area (Å²) in [4.78, 5) is 29.4. The molecule has 1 aromatic heterocycles. The summed E-state index contributed by atoms with van der Waals surface area (Å²) in [5, 5.41) is 2.80. The smallest absolute Gasteiger partial charge is 0.327 e. The number of fused-ring (bicyclic) bond motifs is 1. The number of rotatable bonds is 2. The zero-order chi connectivity index (χ0) is 14.1. The lowest BCUT2D eigenvalue weighted by molar-refractivity contribution is 0.101. The molecule has 0 radical (unpaired) electrons. The molecule has 0 bridgehead atoms. The van der Waals surface area contributed by atoms with Crippen LogP contribution < -0.4 is 10.2 Å². The van der Waals surface area contributed by atoms with E-state index in [-0.39, 0.29) is 11.8 Å². The van der Waals surface area contributed by atoms with Crippen molar-refractivity contribution in [3.8, 4) is 0 Å². The fourth-order valence-corrected chi connectivity index (χ4v) is 2.22. The summed E-state index contributed by atoms with van der Waals surface area (Å²) in [6.07, 6.45) is 1.65. The van der Waals surface area contributed by atoms with Crippen molar-refractivity contribution in [3.05, 3.63) is 53.7 Å². The third kappa shape index (κ3) is 2.03. The summed E-state index contributed by atoms with van der Waals surface area (Å²) in [5.74, 6) is 0.572. The summed E-state index contributed by atoms with van der Waals surface area (Å²) in [5.41, 5.74) is 2.15. The molecule has 0 spiro atoms. The Kier molecular flexibility index (Phi) is 2.95. The van der Waals surface area contributed by atoms with Gasteiger partial charge in [0.2, 0.25) is 0 Å². The van der Waals surface area contributed by atoms with Gasteiger partial charge in [0.05, 0.1) is 5.69 Å². The van der Waals surface area contributed by atoms with Gasteiger partial charge in [0.25, 0.3) is 0 Å². The van der Waals surface area contributed by atoms with Crippen LogP contribution in [-0.2, 0) is 6.54 Å². The first-order valence-electron chi connectivity index (χ1n) is 6.29. The molecule has 1 aliphatic rings. The largest absolute Gasteiger partial charge is 0.333 e. The molecular weight excluding hydrogens is 254 g/mol. The number of anilines is 2. The topological polar surface area (TPSA) is 62.3 Å². The van der Waals surface area contributed by atoms with Crippen LogP contribution >= 0.6 is 0 Å². The first kappa shape index (κ1) is 12.3. The molecule has 0 saturated carbocycles. The quantitative estimate of drug-likeness (QED) is 0.851. The van der Waals surface area contributed by atoms with Gasteiger partial charge < -0.3 is 5.32 Å². The van der Waals surface area contributed by atoms with Crippen molar-refractivity contribution in [2.24, 2.45) is 0 Å². The van der Waals surface area contributed by atoms with Crippen LogP contribution in [0.5, 0.6) is 0 Å². The number of benzene rings is 1. The number of ketones is 1. The molecule has 2 aromatic rings. The van der Waals surface area contributed by atoms with E-state index in [1.807, 2.05) is 12.1 Å². The highest BCUT2D eigenvalue weighted by Gasteiger charge is 2.26. The van der Waals surface area contributed by atoms with E-state index in [2.05, 4.69) is 10.3 Å². The van der Waals surface area contributed by atoms with Gasteiger partial charge in [0.15, 0.2) is 5.78 Å². The Morgan fingerprint density at radius 2 is 2.15 bits per heavy atom. The van der Waals surface area contributed by atoms with Gasteiger partial charge in [-0.05, 0) is 25.1 Å². The monoisotopic (exact) mass is 267 g/mol. The number of pyridine rings is 1. The predicted octanol–water partition coefficient (Wildman–Crippen LogP) is 2.65. The SMILES string of the molecule is CC(=O)c1cccc(N2C(=O)NCc3cccnc32)c1. The minimum atomic E-state index is -0.239. The molecule has 2 heterocycles. The highest BCUT2D eigenvalue weighted by molar-refractivity contribution is 6.02. The molecule has 0 atom stereocenters. The van der Waals surface area contributed by atoms with E-state index in [0.29, 0.717) is 23.6 Å². The molecule has 5 nitrogen and oxygen atoms in total. The van der Waals surface area contributed by atoms with E-state index in [0.717, 1.165) is 5.56 Å². The maximum absolute atomic E-state index is 12.1. The van der Waals surface area contributed by atoms with Crippen molar-refractivity contribution in [3.63, 3.8) is 0 Å². The highest BCUT2D eigenvalue weighted by Crippen LogP contribution is 2.30. The van der Waals surface area contributed by atoms with Crippen LogP contribution in [-0.4, -0.2) is 16.8 Å². The standard InChI is InChI=1S/C15H13N3O2/c1-10(19)11-4-2-6-13(8-11)18-14-12(5-3-7-16-14)9-17-15(18)20/h2-8H,9H2,1H3,(H,17,20). The fourth-order valence-electron chi connectivity index (χ4n) is 2.22. The Balaban J connectivity index is 2.11. The summed E-state index contributed by atoms with van der Waals surface area (Å²) in [7, 11) is 0. The average molecular weight is 267 g/mol. The lowest BCUT2D eigenvalue weighted by Crippen LogP contribution is -2.41. The maximum Gasteiger partial charge on any atom is 0.327 e. The Labute approximate surface area is 116 Å². The number of carbonyl (C=O) groups excluding carboxylic acids is 2. The minimum absolute atomic E-state index is 0.0366. The Morgan fingerprint density at radius 3 is 2.95 bits per heavy atom. The molecule has 0 unspecified atom stereocenters. The highest BCUT2D eigenvalue weighted by atomic mass is 16.2. The summed E-state index contributed by atoms with van der Waals surface area (Å²) in [6.45, 7) is 1.96. The van der Waals surface area contributed by atoms with Gasteiger partial charge in [-0.25, -0.2) is 14.7 Å². The summed E-state index contributed by atoms with van der Waals surface area (Å²) in [6, 6.07) is 10.5. The third-order valence-corrected chi connectivity index (χ3v) is 3.22. The molecule has 1 aromatic carbocycles. The Hall–Kier alpha value is -2.69. The number of nitrogens with one attached hydrogen (secondary N) is 1. The second-order valence-corrected chi connectivity index (χ2v) is 4.59. The van der Waals surface area contributed by atoms with Gasteiger partial charge in [-0.2, -0.15) is 0 Å². The van der Waals surface area contributed by atoms with Crippen LogP contribution in [0.25, 0.3) is 0 Å². The van der Waals surface area contributed by atoms with E-state index in [1.54, 1.807) is 30.5 Å². The van der Waals surface area contributed by atoms with Gasteiger partial charge in [0, 0.05) is 23.9 Å². The third-order valence-electron chi connectivity index (χ3n) is 3.22. The number of nitrogens with zero attached hydrogens (tertiary/aromatic N) is 2. The van der Waals surface area contributed by atoms with Crippen molar-refractivity contribution in [1.29, 1.82) is 0 Å². The molecule has 3 rings (SSSR count). The van der Waals surface area contributed by atoms with Gasteiger partial charge in [-0.3, -0.25) is 4.79 Å². The zero-order valence-corrected chi connectivity index (χ0v) is 11.0.